The first-order valence-corrected chi connectivity index (χ1v) is 7.36. The fourth-order valence-corrected chi connectivity index (χ4v) is 2.65. The van der Waals surface area contributed by atoms with Gasteiger partial charge in [-0.3, -0.25) is 0 Å². The van der Waals surface area contributed by atoms with Crippen LogP contribution < -0.4 is 10.1 Å². The van der Waals surface area contributed by atoms with E-state index < -0.39 is 0 Å². The van der Waals surface area contributed by atoms with Crippen LogP contribution in [0.4, 0.5) is 10.5 Å². The summed E-state index contributed by atoms with van der Waals surface area (Å²) in [5.41, 5.74) is 2.96. The van der Waals surface area contributed by atoms with E-state index in [1.54, 1.807) is 20.4 Å². The summed E-state index contributed by atoms with van der Waals surface area (Å²) in [5.74, 6) is 1.25. The van der Waals surface area contributed by atoms with Gasteiger partial charge in [-0.15, -0.1) is 0 Å². The number of H-pyrrole nitrogens is 1. The monoisotopic (exact) mass is 300 g/mol. The third-order valence-electron chi connectivity index (χ3n) is 3.84. The number of carbonyl (C=O) groups is 1. The lowest BCUT2D eigenvalue weighted by Crippen LogP contribution is -2.27. The van der Waals surface area contributed by atoms with Crippen molar-refractivity contribution in [3.05, 3.63) is 42.0 Å². The molecule has 2 aromatic rings. The van der Waals surface area contributed by atoms with Crippen molar-refractivity contribution in [2.75, 3.05) is 26.0 Å². The van der Waals surface area contributed by atoms with Gasteiger partial charge in [-0.1, -0.05) is 0 Å². The maximum atomic E-state index is 11.8. The second-order valence-corrected chi connectivity index (χ2v) is 5.68. The van der Waals surface area contributed by atoms with Crippen molar-refractivity contribution in [1.82, 2.24) is 14.9 Å². The zero-order chi connectivity index (χ0) is 15.5. The summed E-state index contributed by atoms with van der Waals surface area (Å²) < 4.78 is 5.73. The summed E-state index contributed by atoms with van der Waals surface area (Å²) in [6, 6.07) is 5.67. The Morgan fingerprint density at radius 3 is 3.09 bits per heavy atom. The summed E-state index contributed by atoms with van der Waals surface area (Å²) in [6.45, 7) is 0.714. The molecule has 3 rings (SSSR count). The topological polar surface area (TPSA) is 70.2 Å². The van der Waals surface area contributed by atoms with Crippen LogP contribution in [0.1, 0.15) is 23.6 Å². The first-order valence-electron chi connectivity index (χ1n) is 7.36. The molecule has 1 aromatic carbocycles. The minimum Gasteiger partial charge on any atom is -0.493 e. The number of aromatic amines is 1. The first-order chi connectivity index (χ1) is 10.6. The molecule has 1 atom stereocenters. The van der Waals surface area contributed by atoms with Crippen molar-refractivity contribution >= 4 is 11.7 Å². The number of hydrogen-bond acceptors (Lipinski definition) is 3. The Kier molecular flexibility index (Phi) is 4.00. The zero-order valence-corrected chi connectivity index (χ0v) is 12.8. The van der Waals surface area contributed by atoms with E-state index in [0.29, 0.717) is 12.5 Å². The maximum absolute atomic E-state index is 11.8. The molecule has 116 valence electrons. The Morgan fingerprint density at radius 2 is 2.36 bits per heavy atom. The average molecular weight is 300 g/mol. The number of ether oxygens (including phenoxy) is 1. The quantitative estimate of drug-likeness (QED) is 0.915. The molecular formula is C16H20N4O2. The number of urea groups is 1. The number of hydrogen-bond donors (Lipinski definition) is 2. The molecular weight excluding hydrogens is 280 g/mol. The normalized spacial score (nSPS) is 16.5. The standard InChI is InChI=1S/C16H20N4O2/c1-20(2)16(21)19-12-3-4-15-14(8-12)11(5-6-22-15)7-13-9-17-10-18-13/h3-4,8-11H,5-7H2,1-2H3,(H,17,18)(H,19,21). The van der Waals surface area contributed by atoms with Gasteiger partial charge in [0.25, 0.3) is 0 Å². The van der Waals surface area contributed by atoms with Crippen molar-refractivity contribution in [1.29, 1.82) is 0 Å². The van der Waals surface area contributed by atoms with Crippen molar-refractivity contribution in [3.63, 3.8) is 0 Å². The van der Waals surface area contributed by atoms with E-state index in [0.717, 1.165) is 35.5 Å². The van der Waals surface area contributed by atoms with Crippen LogP contribution in [0.3, 0.4) is 0 Å². The van der Waals surface area contributed by atoms with E-state index in [1.165, 1.54) is 4.90 Å². The van der Waals surface area contributed by atoms with E-state index in [-0.39, 0.29) is 6.03 Å². The van der Waals surface area contributed by atoms with Gasteiger partial charge in [0.15, 0.2) is 0 Å². The van der Waals surface area contributed by atoms with Crippen LogP contribution in [0, 0.1) is 0 Å². The fourth-order valence-electron chi connectivity index (χ4n) is 2.65. The molecule has 2 N–H and O–H groups in total. The molecule has 1 aromatic heterocycles. The van der Waals surface area contributed by atoms with Crippen LogP contribution in [0.2, 0.25) is 0 Å². The number of carbonyl (C=O) groups excluding carboxylic acids is 1. The molecule has 22 heavy (non-hydrogen) atoms. The van der Waals surface area contributed by atoms with Crippen molar-refractivity contribution < 1.29 is 9.53 Å². The highest BCUT2D eigenvalue weighted by molar-refractivity contribution is 5.89. The Bertz CT molecular complexity index is 652. The number of nitrogens with one attached hydrogen (secondary N) is 2. The molecule has 0 spiro atoms. The van der Waals surface area contributed by atoms with E-state index >= 15 is 0 Å². The molecule has 0 bridgehead atoms. The third kappa shape index (κ3) is 3.05. The molecule has 6 heteroatoms. The number of aromatic nitrogens is 2. The molecule has 0 aliphatic carbocycles. The summed E-state index contributed by atoms with van der Waals surface area (Å²) in [7, 11) is 3.44. The second-order valence-electron chi connectivity index (χ2n) is 5.68. The van der Waals surface area contributed by atoms with Gasteiger partial charge < -0.3 is 19.9 Å². The van der Waals surface area contributed by atoms with E-state index in [9.17, 15) is 4.79 Å². The Hall–Kier alpha value is -2.50. The molecule has 2 heterocycles. The predicted molar refractivity (Wildman–Crippen MR) is 84.3 cm³/mol. The first kappa shape index (κ1) is 14.4. The number of imidazole rings is 1. The van der Waals surface area contributed by atoms with E-state index in [2.05, 4.69) is 15.3 Å². The molecule has 1 aliphatic rings. The van der Waals surface area contributed by atoms with Crippen LogP contribution in [0.5, 0.6) is 5.75 Å². The molecule has 1 unspecified atom stereocenters. The van der Waals surface area contributed by atoms with E-state index in [4.69, 9.17) is 4.74 Å². The lowest BCUT2D eigenvalue weighted by atomic mass is 9.89. The molecule has 1 aliphatic heterocycles. The molecule has 0 radical (unpaired) electrons. The van der Waals surface area contributed by atoms with Crippen LogP contribution in [-0.2, 0) is 6.42 Å². The summed E-state index contributed by atoms with van der Waals surface area (Å²) in [4.78, 5) is 20.6. The molecule has 0 saturated carbocycles. The highest BCUT2D eigenvalue weighted by atomic mass is 16.5. The molecule has 0 saturated heterocycles. The van der Waals surface area contributed by atoms with E-state index in [1.807, 2.05) is 24.4 Å². The second kappa shape index (κ2) is 6.09. The number of anilines is 1. The smallest absolute Gasteiger partial charge is 0.321 e. The lowest BCUT2D eigenvalue weighted by Gasteiger charge is -2.26. The van der Waals surface area contributed by atoms with Crippen LogP contribution in [-0.4, -0.2) is 41.6 Å². The van der Waals surface area contributed by atoms with Crippen LogP contribution in [0.15, 0.2) is 30.7 Å². The van der Waals surface area contributed by atoms with Gasteiger partial charge >= 0.3 is 6.03 Å². The van der Waals surface area contributed by atoms with Gasteiger partial charge in [-0.25, -0.2) is 9.78 Å². The number of fused-ring (bicyclic) bond motifs is 1. The number of amides is 2. The number of nitrogens with zero attached hydrogens (tertiary/aromatic N) is 2. The number of benzene rings is 1. The van der Waals surface area contributed by atoms with Crippen LogP contribution in [0.25, 0.3) is 0 Å². The highest BCUT2D eigenvalue weighted by Gasteiger charge is 2.23. The third-order valence-corrected chi connectivity index (χ3v) is 3.84. The largest absolute Gasteiger partial charge is 0.493 e. The van der Waals surface area contributed by atoms with Crippen LogP contribution >= 0.6 is 0 Å². The van der Waals surface area contributed by atoms with Gasteiger partial charge in [0.05, 0.1) is 18.6 Å². The van der Waals surface area contributed by atoms with Crippen molar-refractivity contribution in [2.45, 2.75) is 18.8 Å². The minimum absolute atomic E-state index is 0.138. The highest BCUT2D eigenvalue weighted by Crippen LogP contribution is 2.37. The van der Waals surface area contributed by atoms with Gasteiger partial charge in [-0.05, 0) is 42.5 Å². The Labute approximate surface area is 129 Å². The molecule has 6 nitrogen and oxygen atoms in total. The number of rotatable bonds is 3. The zero-order valence-electron chi connectivity index (χ0n) is 12.8. The summed E-state index contributed by atoms with van der Waals surface area (Å²) >= 11 is 0. The lowest BCUT2D eigenvalue weighted by molar-refractivity contribution is 0.230. The van der Waals surface area contributed by atoms with Gasteiger partial charge in [0.1, 0.15) is 5.75 Å². The van der Waals surface area contributed by atoms with Crippen molar-refractivity contribution in [3.8, 4) is 5.75 Å². The van der Waals surface area contributed by atoms with Crippen molar-refractivity contribution in [2.24, 2.45) is 0 Å². The minimum atomic E-state index is -0.138. The molecule has 0 fully saturated rings. The maximum Gasteiger partial charge on any atom is 0.321 e. The Morgan fingerprint density at radius 1 is 1.50 bits per heavy atom. The predicted octanol–water partition coefficient (Wildman–Crippen LogP) is 2.61. The molecule has 2 amide bonds. The summed E-state index contributed by atoms with van der Waals surface area (Å²) in [6.07, 6.45) is 5.44. The fraction of sp³-hybridized carbons (Fsp3) is 0.375. The van der Waals surface area contributed by atoms with Gasteiger partial charge in [0.2, 0.25) is 0 Å². The SMILES string of the molecule is CN(C)C(=O)Nc1ccc2c(c1)C(Cc1c[nH]cn1)CCO2. The Balaban J connectivity index is 1.83. The van der Waals surface area contributed by atoms with Gasteiger partial charge in [-0.2, -0.15) is 0 Å². The summed E-state index contributed by atoms with van der Waals surface area (Å²) in [5, 5.41) is 2.88. The average Bonchev–Trinajstić information content (AvgIpc) is 3.00. The van der Waals surface area contributed by atoms with Gasteiger partial charge in [0, 0.05) is 26.0 Å².